The summed E-state index contributed by atoms with van der Waals surface area (Å²) in [6.07, 6.45) is 0. The molecule has 0 aliphatic carbocycles. The Bertz CT molecular complexity index is 273. The molecule has 1 aromatic carbocycles. The van der Waals surface area contributed by atoms with Gasteiger partial charge in [-0.2, -0.15) is 0 Å². The van der Waals surface area contributed by atoms with E-state index in [2.05, 4.69) is 43.4 Å². The van der Waals surface area contributed by atoms with Gasteiger partial charge in [-0.3, -0.25) is 0 Å². The highest BCUT2D eigenvalue weighted by molar-refractivity contribution is 5.25. The first-order chi connectivity index (χ1) is 6.74. The smallest absolute Gasteiger partial charge is 0.0613 e. The minimum absolute atomic E-state index is 0.402. The highest BCUT2D eigenvalue weighted by Gasteiger charge is 2.01. The topological polar surface area (TPSA) is 21.3 Å². The van der Waals surface area contributed by atoms with E-state index < -0.39 is 0 Å². The van der Waals surface area contributed by atoms with Crippen LogP contribution >= 0.6 is 0 Å². The van der Waals surface area contributed by atoms with Crippen molar-refractivity contribution in [3.63, 3.8) is 0 Å². The third-order valence-electron chi connectivity index (χ3n) is 2.32. The van der Waals surface area contributed by atoms with Crippen LogP contribution in [0.4, 0.5) is 0 Å². The van der Waals surface area contributed by atoms with E-state index in [1.165, 1.54) is 11.1 Å². The molecular weight excluding hydrogens is 174 g/mol. The molecule has 78 valence electrons. The molecule has 0 heterocycles. The number of hydrogen-bond donors (Lipinski definition) is 1. The zero-order valence-corrected chi connectivity index (χ0v) is 9.21. The summed E-state index contributed by atoms with van der Waals surface area (Å²) < 4.78 is 5.06. The first-order valence-electron chi connectivity index (χ1n) is 5.01. The Morgan fingerprint density at radius 1 is 1.36 bits per heavy atom. The van der Waals surface area contributed by atoms with Crippen molar-refractivity contribution in [2.45, 2.75) is 26.4 Å². The molecule has 0 unspecified atom stereocenters. The van der Waals surface area contributed by atoms with Gasteiger partial charge < -0.3 is 10.1 Å². The van der Waals surface area contributed by atoms with E-state index >= 15 is 0 Å². The van der Waals surface area contributed by atoms with Crippen molar-refractivity contribution < 1.29 is 4.74 Å². The molecule has 0 amide bonds. The highest BCUT2D eigenvalue weighted by atomic mass is 16.5. The van der Waals surface area contributed by atoms with E-state index in [4.69, 9.17) is 4.74 Å². The van der Waals surface area contributed by atoms with Crippen molar-refractivity contribution in [2.75, 3.05) is 13.7 Å². The van der Waals surface area contributed by atoms with Crippen LogP contribution in [0, 0.1) is 6.92 Å². The molecule has 1 atom stereocenters. The summed E-state index contributed by atoms with van der Waals surface area (Å²) in [6, 6.07) is 8.84. The van der Waals surface area contributed by atoms with Crippen LogP contribution in [0.15, 0.2) is 24.3 Å². The van der Waals surface area contributed by atoms with Crippen LogP contribution in [0.3, 0.4) is 0 Å². The lowest BCUT2D eigenvalue weighted by Gasteiger charge is -2.13. The number of nitrogens with one attached hydrogen (secondary N) is 1. The quantitative estimate of drug-likeness (QED) is 0.773. The summed E-state index contributed by atoms with van der Waals surface area (Å²) in [5.41, 5.74) is 2.69. The first kappa shape index (κ1) is 11.2. The normalized spacial score (nSPS) is 12.8. The second kappa shape index (κ2) is 5.78. The van der Waals surface area contributed by atoms with Crippen molar-refractivity contribution in [1.29, 1.82) is 0 Å². The van der Waals surface area contributed by atoms with Gasteiger partial charge in [-0.25, -0.2) is 0 Å². The predicted octanol–water partition coefficient (Wildman–Crippen LogP) is 2.12. The number of rotatable bonds is 5. The lowest BCUT2D eigenvalue weighted by molar-refractivity contribution is 0.171. The van der Waals surface area contributed by atoms with Crippen molar-refractivity contribution in [1.82, 2.24) is 5.32 Å². The van der Waals surface area contributed by atoms with Crippen molar-refractivity contribution in [3.05, 3.63) is 35.4 Å². The van der Waals surface area contributed by atoms with E-state index in [0.29, 0.717) is 6.04 Å². The molecule has 2 heteroatoms. The van der Waals surface area contributed by atoms with Gasteiger partial charge in [0.15, 0.2) is 0 Å². The fourth-order valence-electron chi connectivity index (χ4n) is 1.40. The van der Waals surface area contributed by atoms with Gasteiger partial charge in [0, 0.05) is 19.7 Å². The fraction of sp³-hybridized carbons (Fsp3) is 0.500. The van der Waals surface area contributed by atoms with Crippen molar-refractivity contribution in [3.8, 4) is 0 Å². The van der Waals surface area contributed by atoms with Gasteiger partial charge in [0.05, 0.1) is 6.61 Å². The molecule has 0 aromatic heterocycles. The highest BCUT2D eigenvalue weighted by Crippen LogP contribution is 2.06. The fourth-order valence-corrected chi connectivity index (χ4v) is 1.40. The minimum Gasteiger partial charge on any atom is -0.383 e. The Morgan fingerprint density at radius 2 is 2.07 bits per heavy atom. The van der Waals surface area contributed by atoms with Gasteiger partial charge in [0.2, 0.25) is 0 Å². The Hall–Kier alpha value is -0.860. The van der Waals surface area contributed by atoms with Gasteiger partial charge in [0.25, 0.3) is 0 Å². The number of hydrogen-bond acceptors (Lipinski definition) is 2. The third-order valence-corrected chi connectivity index (χ3v) is 2.32. The lowest BCUT2D eigenvalue weighted by atomic mass is 10.1. The summed E-state index contributed by atoms with van der Waals surface area (Å²) in [5, 5.41) is 3.42. The maximum Gasteiger partial charge on any atom is 0.0613 e. The van der Waals surface area contributed by atoms with Crippen LogP contribution in [0.2, 0.25) is 0 Å². The molecule has 0 radical (unpaired) electrons. The molecule has 14 heavy (non-hydrogen) atoms. The van der Waals surface area contributed by atoms with E-state index in [1.54, 1.807) is 7.11 Å². The van der Waals surface area contributed by atoms with E-state index in [9.17, 15) is 0 Å². The summed E-state index contributed by atoms with van der Waals surface area (Å²) in [6.45, 7) is 5.93. The molecule has 0 aliphatic rings. The average molecular weight is 193 g/mol. The lowest BCUT2D eigenvalue weighted by Crippen LogP contribution is -2.29. The van der Waals surface area contributed by atoms with Crippen LogP contribution in [-0.2, 0) is 11.3 Å². The molecule has 0 spiro atoms. The number of methoxy groups -OCH3 is 1. The van der Waals surface area contributed by atoms with E-state index in [1.807, 2.05) is 0 Å². The molecular formula is C12H19NO. The summed E-state index contributed by atoms with van der Waals surface area (Å²) >= 11 is 0. The maximum absolute atomic E-state index is 5.06. The molecule has 2 nitrogen and oxygen atoms in total. The monoisotopic (exact) mass is 193 g/mol. The molecule has 0 fully saturated rings. The Labute approximate surface area is 86.3 Å². The molecule has 1 rings (SSSR count). The van der Waals surface area contributed by atoms with Gasteiger partial charge in [-0.1, -0.05) is 24.3 Å². The molecule has 1 N–H and O–H groups in total. The second-order valence-electron chi connectivity index (χ2n) is 3.66. The molecule has 0 saturated carbocycles. The zero-order chi connectivity index (χ0) is 10.4. The Morgan fingerprint density at radius 3 is 2.71 bits per heavy atom. The van der Waals surface area contributed by atoms with Gasteiger partial charge in [0.1, 0.15) is 0 Å². The SMILES string of the molecule is COC[C@@H](C)NCc1ccccc1C. The number of aryl methyl sites for hydroxylation is 1. The minimum atomic E-state index is 0.402. The summed E-state index contributed by atoms with van der Waals surface area (Å²) in [5.74, 6) is 0. The van der Waals surface area contributed by atoms with E-state index in [0.717, 1.165) is 13.2 Å². The van der Waals surface area contributed by atoms with Crippen molar-refractivity contribution >= 4 is 0 Å². The van der Waals surface area contributed by atoms with Crippen LogP contribution in [0.1, 0.15) is 18.1 Å². The van der Waals surface area contributed by atoms with Gasteiger partial charge in [-0.15, -0.1) is 0 Å². The largest absolute Gasteiger partial charge is 0.383 e. The van der Waals surface area contributed by atoms with Crippen molar-refractivity contribution in [2.24, 2.45) is 0 Å². The standard InChI is InChI=1S/C12H19NO/c1-10-6-4-5-7-12(10)8-13-11(2)9-14-3/h4-7,11,13H,8-9H2,1-3H3/t11-/m1/s1. The predicted molar refractivity (Wildman–Crippen MR) is 59.4 cm³/mol. The summed E-state index contributed by atoms with van der Waals surface area (Å²) in [7, 11) is 1.73. The molecule has 0 saturated heterocycles. The summed E-state index contributed by atoms with van der Waals surface area (Å²) in [4.78, 5) is 0. The first-order valence-corrected chi connectivity index (χ1v) is 5.01. The third kappa shape index (κ3) is 3.48. The van der Waals surface area contributed by atoms with Crippen LogP contribution in [0.25, 0.3) is 0 Å². The number of ether oxygens (including phenoxy) is 1. The Kier molecular flexibility index (Phi) is 4.63. The molecule has 0 aliphatic heterocycles. The van der Waals surface area contributed by atoms with Crippen LogP contribution < -0.4 is 5.32 Å². The van der Waals surface area contributed by atoms with Gasteiger partial charge >= 0.3 is 0 Å². The van der Waals surface area contributed by atoms with Gasteiger partial charge in [-0.05, 0) is 25.0 Å². The molecule has 0 bridgehead atoms. The molecule has 1 aromatic rings. The van der Waals surface area contributed by atoms with Crippen LogP contribution in [-0.4, -0.2) is 19.8 Å². The Balaban J connectivity index is 2.41. The maximum atomic E-state index is 5.06. The van der Waals surface area contributed by atoms with E-state index in [-0.39, 0.29) is 0 Å². The second-order valence-corrected chi connectivity index (χ2v) is 3.66. The average Bonchev–Trinajstić information content (AvgIpc) is 2.17. The van der Waals surface area contributed by atoms with Crippen LogP contribution in [0.5, 0.6) is 0 Å². The zero-order valence-electron chi connectivity index (χ0n) is 9.21. The number of benzene rings is 1.